The molecule has 7 nitrogen and oxygen atoms in total. The van der Waals surface area contributed by atoms with Crippen molar-refractivity contribution in [1.29, 1.82) is 5.26 Å². The molecular weight excluding hydrogens is 272 g/mol. The zero-order chi connectivity index (χ0) is 14.7. The third-order valence-electron chi connectivity index (χ3n) is 3.01. The van der Waals surface area contributed by atoms with Gasteiger partial charge in [-0.05, 0) is 18.2 Å². The van der Waals surface area contributed by atoms with Crippen LogP contribution in [0.2, 0.25) is 0 Å². The summed E-state index contributed by atoms with van der Waals surface area (Å²) >= 11 is 0. The molecule has 0 saturated heterocycles. The van der Waals surface area contributed by atoms with E-state index in [0.717, 1.165) is 6.42 Å². The maximum Gasteiger partial charge on any atom is 0.252 e. The van der Waals surface area contributed by atoms with Crippen LogP contribution < -0.4 is 9.47 Å². The van der Waals surface area contributed by atoms with Crippen LogP contribution in [0.25, 0.3) is 0 Å². The van der Waals surface area contributed by atoms with Gasteiger partial charge >= 0.3 is 0 Å². The van der Waals surface area contributed by atoms with Crippen molar-refractivity contribution in [3.05, 3.63) is 35.9 Å². The van der Waals surface area contributed by atoms with Crippen molar-refractivity contribution in [3.8, 4) is 17.6 Å². The lowest BCUT2D eigenvalue weighted by molar-refractivity contribution is 0.0967. The Morgan fingerprint density at radius 1 is 1.33 bits per heavy atom. The van der Waals surface area contributed by atoms with Crippen molar-refractivity contribution in [2.75, 3.05) is 13.2 Å². The predicted molar refractivity (Wildman–Crippen MR) is 71.1 cm³/mol. The summed E-state index contributed by atoms with van der Waals surface area (Å²) in [5.41, 5.74) is 0.508. The molecule has 21 heavy (non-hydrogen) atoms. The lowest BCUT2D eigenvalue weighted by atomic mass is 10.1. The van der Waals surface area contributed by atoms with Crippen LogP contribution in [-0.4, -0.2) is 33.8 Å². The van der Waals surface area contributed by atoms with Gasteiger partial charge in [0.05, 0.1) is 13.2 Å². The maximum absolute atomic E-state index is 12.2. The van der Waals surface area contributed by atoms with Crippen LogP contribution in [0.3, 0.4) is 0 Å². The van der Waals surface area contributed by atoms with E-state index in [1.165, 1.54) is 11.0 Å². The molecule has 0 fully saturated rings. The van der Waals surface area contributed by atoms with Crippen molar-refractivity contribution in [3.63, 3.8) is 0 Å². The van der Waals surface area contributed by atoms with Gasteiger partial charge in [0.25, 0.3) is 5.82 Å². The van der Waals surface area contributed by atoms with Gasteiger partial charge in [-0.1, -0.05) is 0 Å². The van der Waals surface area contributed by atoms with Crippen molar-refractivity contribution in [1.82, 2.24) is 14.8 Å². The van der Waals surface area contributed by atoms with E-state index in [2.05, 4.69) is 10.1 Å². The zero-order valence-electron chi connectivity index (χ0n) is 11.2. The number of aromatic nitrogens is 3. The number of rotatable bonds is 3. The molecule has 2 heterocycles. The van der Waals surface area contributed by atoms with Crippen LogP contribution in [0.4, 0.5) is 0 Å². The first kappa shape index (κ1) is 13.1. The largest absolute Gasteiger partial charge is 0.490 e. The molecule has 0 N–H and O–H groups in total. The van der Waals surface area contributed by atoms with E-state index >= 15 is 0 Å². The Hall–Kier alpha value is -2.88. The average Bonchev–Trinajstić information content (AvgIpc) is 2.82. The molecule has 0 bridgehead atoms. The van der Waals surface area contributed by atoms with E-state index in [9.17, 15) is 4.79 Å². The van der Waals surface area contributed by atoms with Crippen molar-refractivity contribution in [2.45, 2.75) is 13.0 Å². The molecule has 0 amide bonds. The van der Waals surface area contributed by atoms with E-state index in [4.69, 9.17) is 14.7 Å². The highest BCUT2D eigenvalue weighted by molar-refractivity contribution is 5.96. The smallest absolute Gasteiger partial charge is 0.252 e. The first-order valence-electron chi connectivity index (χ1n) is 6.48. The van der Waals surface area contributed by atoms with Gasteiger partial charge in [-0.15, -0.1) is 5.10 Å². The summed E-state index contributed by atoms with van der Waals surface area (Å²) in [6.07, 6.45) is 2.17. The van der Waals surface area contributed by atoms with Crippen molar-refractivity contribution < 1.29 is 14.3 Å². The molecule has 0 radical (unpaired) electrons. The van der Waals surface area contributed by atoms with Gasteiger partial charge in [-0.25, -0.2) is 9.67 Å². The fourth-order valence-electron chi connectivity index (χ4n) is 2.00. The topological polar surface area (TPSA) is 90.0 Å². The minimum Gasteiger partial charge on any atom is -0.490 e. The van der Waals surface area contributed by atoms with E-state index in [1.54, 1.807) is 18.2 Å². The number of carbonyl (C=O) groups excluding carboxylic acids is 1. The molecule has 1 aromatic heterocycles. The molecule has 0 saturated carbocycles. The van der Waals surface area contributed by atoms with Crippen LogP contribution >= 0.6 is 0 Å². The highest BCUT2D eigenvalue weighted by Crippen LogP contribution is 2.30. The minimum absolute atomic E-state index is 0.0221. The molecule has 1 aliphatic heterocycles. The first-order valence-corrected chi connectivity index (χ1v) is 6.48. The average molecular weight is 284 g/mol. The Morgan fingerprint density at radius 2 is 2.14 bits per heavy atom. The number of carbonyl (C=O) groups is 1. The Bertz CT molecular complexity index is 717. The number of ether oxygens (including phenoxy) is 2. The number of hydrogen-bond acceptors (Lipinski definition) is 6. The predicted octanol–water partition coefficient (Wildman–Crippen LogP) is 1.19. The summed E-state index contributed by atoms with van der Waals surface area (Å²) in [6.45, 7) is 1.20. The van der Waals surface area contributed by atoms with Crippen LogP contribution in [0.1, 0.15) is 22.6 Å². The first-order chi connectivity index (χ1) is 10.3. The molecule has 2 aromatic rings. The number of nitrogens with zero attached hydrogens (tertiary/aromatic N) is 4. The zero-order valence-corrected chi connectivity index (χ0v) is 11.2. The summed E-state index contributed by atoms with van der Waals surface area (Å²) in [6, 6.07) is 6.91. The molecule has 0 spiro atoms. The van der Waals surface area contributed by atoms with Gasteiger partial charge in [0.15, 0.2) is 17.3 Å². The maximum atomic E-state index is 12.2. The second-order valence-electron chi connectivity index (χ2n) is 4.51. The summed E-state index contributed by atoms with van der Waals surface area (Å²) in [5.74, 6) is 1.13. The van der Waals surface area contributed by atoms with Crippen LogP contribution in [0, 0.1) is 11.3 Å². The van der Waals surface area contributed by atoms with Gasteiger partial charge in [0.2, 0.25) is 0 Å². The fourth-order valence-corrected chi connectivity index (χ4v) is 2.00. The number of benzene rings is 1. The van der Waals surface area contributed by atoms with Gasteiger partial charge in [0, 0.05) is 12.0 Å². The van der Waals surface area contributed by atoms with Gasteiger partial charge in [0.1, 0.15) is 18.9 Å². The van der Waals surface area contributed by atoms with Gasteiger partial charge in [-0.2, -0.15) is 5.26 Å². The normalized spacial score (nSPS) is 13.3. The molecule has 0 aliphatic carbocycles. The van der Waals surface area contributed by atoms with Crippen LogP contribution in [-0.2, 0) is 6.54 Å². The van der Waals surface area contributed by atoms with E-state index in [1.807, 2.05) is 6.07 Å². The second-order valence-corrected chi connectivity index (χ2v) is 4.51. The Kier molecular flexibility index (Phi) is 3.51. The number of nitriles is 1. The molecule has 1 aromatic carbocycles. The molecule has 0 atom stereocenters. The molecule has 3 rings (SSSR count). The number of hydrogen-bond donors (Lipinski definition) is 0. The quantitative estimate of drug-likeness (QED) is 0.786. The van der Waals surface area contributed by atoms with Crippen molar-refractivity contribution >= 4 is 5.78 Å². The highest BCUT2D eigenvalue weighted by Gasteiger charge is 2.15. The molecule has 0 unspecified atom stereocenters. The molecule has 1 aliphatic rings. The van der Waals surface area contributed by atoms with E-state index in [-0.39, 0.29) is 18.2 Å². The van der Waals surface area contributed by atoms with Gasteiger partial charge in [-0.3, -0.25) is 4.79 Å². The SMILES string of the molecule is N#Cc1ncn(CC(=O)c2ccc3c(c2)OCCCO3)n1. The number of fused-ring (bicyclic) bond motifs is 1. The Balaban J connectivity index is 1.78. The molecule has 106 valence electrons. The summed E-state index contributed by atoms with van der Waals surface area (Å²) < 4.78 is 12.4. The summed E-state index contributed by atoms with van der Waals surface area (Å²) in [5, 5.41) is 12.5. The van der Waals surface area contributed by atoms with Gasteiger partial charge < -0.3 is 9.47 Å². The Morgan fingerprint density at radius 3 is 2.90 bits per heavy atom. The van der Waals surface area contributed by atoms with Crippen LogP contribution in [0.5, 0.6) is 11.5 Å². The second kappa shape index (κ2) is 5.63. The van der Waals surface area contributed by atoms with Crippen LogP contribution in [0.15, 0.2) is 24.5 Å². The Labute approximate surface area is 120 Å². The van der Waals surface area contributed by atoms with Crippen molar-refractivity contribution in [2.24, 2.45) is 0 Å². The molecular formula is C14H12N4O3. The minimum atomic E-state index is -0.139. The summed E-state index contributed by atoms with van der Waals surface area (Å²) in [4.78, 5) is 16.0. The highest BCUT2D eigenvalue weighted by atomic mass is 16.5. The molecule has 7 heteroatoms. The standard InChI is InChI=1S/C14H12N4O3/c15-7-14-16-9-18(17-14)8-11(19)10-2-3-12-13(6-10)21-5-1-4-20-12/h2-3,6,9H,1,4-5,8H2. The number of Topliss-reactive ketones (excluding diaryl/α,β-unsaturated/α-hetero) is 1. The third-order valence-corrected chi connectivity index (χ3v) is 3.01. The third kappa shape index (κ3) is 2.84. The summed E-state index contributed by atoms with van der Waals surface area (Å²) in [7, 11) is 0. The fraction of sp³-hybridized carbons (Fsp3) is 0.286. The van der Waals surface area contributed by atoms with E-state index < -0.39 is 0 Å². The lowest BCUT2D eigenvalue weighted by Gasteiger charge is -2.08. The van der Waals surface area contributed by atoms with E-state index in [0.29, 0.717) is 30.3 Å². The number of ketones is 1. The lowest BCUT2D eigenvalue weighted by Crippen LogP contribution is -2.11. The monoisotopic (exact) mass is 284 g/mol.